The minimum absolute atomic E-state index is 0.0104. The molecular weight excluding hydrogens is 259 g/mol. The lowest BCUT2D eigenvalue weighted by atomic mass is 10.2. The van der Waals surface area contributed by atoms with Crippen molar-refractivity contribution >= 4 is 5.95 Å². The molecule has 0 radical (unpaired) electrons. The molecule has 19 heavy (non-hydrogen) atoms. The van der Waals surface area contributed by atoms with Gasteiger partial charge in [0, 0.05) is 6.04 Å². The Kier molecular flexibility index (Phi) is 2.69. The lowest BCUT2D eigenvalue weighted by Gasteiger charge is -2.10. The zero-order valence-corrected chi connectivity index (χ0v) is 9.74. The largest absolute Gasteiger partial charge is 0.463 e. The van der Waals surface area contributed by atoms with Crippen molar-refractivity contribution in [3.63, 3.8) is 0 Å². The summed E-state index contributed by atoms with van der Waals surface area (Å²) in [6.45, 7) is 0. The van der Waals surface area contributed by atoms with Gasteiger partial charge in [0.25, 0.3) is 0 Å². The van der Waals surface area contributed by atoms with Gasteiger partial charge in [-0.2, -0.15) is 13.2 Å². The summed E-state index contributed by atoms with van der Waals surface area (Å²) in [7, 11) is 0. The number of hydrogen-bond donors (Lipinski definition) is 1. The highest BCUT2D eigenvalue weighted by Gasteiger charge is 2.34. The molecule has 2 aromatic heterocycles. The summed E-state index contributed by atoms with van der Waals surface area (Å²) in [6.07, 6.45) is -1.27. The van der Waals surface area contributed by atoms with Gasteiger partial charge >= 0.3 is 6.18 Å². The molecule has 2 heterocycles. The van der Waals surface area contributed by atoms with E-state index >= 15 is 0 Å². The van der Waals surface area contributed by atoms with Crippen LogP contribution in [0.3, 0.4) is 0 Å². The monoisotopic (exact) mass is 269 g/mol. The van der Waals surface area contributed by atoms with E-state index in [4.69, 9.17) is 4.42 Å². The first-order valence-electron chi connectivity index (χ1n) is 5.79. The SMILES string of the molecule is FC(F)(F)c1cc(-c2ccco2)nc(NC2CC2)n1. The first-order valence-corrected chi connectivity index (χ1v) is 5.79. The maximum absolute atomic E-state index is 12.8. The van der Waals surface area contributed by atoms with Crippen LogP contribution in [0.1, 0.15) is 18.5 Å². The first kappa shape index (κ1) is 12.0. The Morgan fingerprint density at radius 3 is 2.63 bits per heavy atom. The van der Waals surface area contributed by atoms with Crippen LogP contribution in [0.4, 0.5) is 19.1 Å². The number of nitrogens with one attached hydrogen (secondary N) is 1. The number of halogens is 3. The Labute approximate surface area is 106 Å². The number of rotatable bonds is 3. The smallest absolute Gasteiger partial charge is 0.433 e. The van der Waals surface area contributed by atoms with E-state index in [0.29, 0.717) is 0 Å². The molecule has 100 valence electrons. The summed E-state index contributed by atoms with van der Waals surface area (Å²) in [5.41, 5.74) is -0.854. The molecule has 2 aromatic rings. The topological polar surface area (TPSA) is 51.0 Å². The number of hydrogen-bond acceptors (Lipinski definition) is 4. The molecule has 1 fully saturated rings. The van der Waals surface area contributed by atoms with Crippen LogP contribution >= 0.6 is 0 Å². The number of nitrogens with zero attached hydrogens (tertiary/aromatic N) is 2. The van der Waals surface area contributed by atoms with Gasteiger partial charge in [0.2, 0.25) is 5.95 Å². The van der Waals surface area contributed by atoms with Crippen LogP contribution < -0.4 is 5.32 Å². The van der Waals surface area contributed by atoms with Gasteiger partial charge in [-0.05, 0) is 31.0 Å². The van der Waals surface area contributed by atoms with Gasteiger partial charge in [-0.1, -0.05) is 0 Å². The second-order valence-corrected chi connectivity index (χ2v) is 4.36. The maximum Gasteiger partial charge on any atom is 0.433 e. The third-order valence-electron chi connectivity index (χ3n) is 2.70. The molecule has 0 aromatic carbocycles. The molecule has 1 aliphatic rings. The number of aromatic nitrogens is 2. The highest BCUT2D eigenvalue weighted by Crippen LogP contribution is 2.32. The van der Waals surface area contributed by atoms with Crippen LogP contribution in [-0.4, -0.2) is 16.0 Å². The summed E-state index contributed by atoms with van der Waals surface area (Å²) in [6, 6.07) is 4.21. The van der Waals surface area contributed by atoms with Crippen molar-refractivity contribution in [2.75, 3.05) is 5.32 Å². The molecule has 1 saturated carbocycles. The molecule has 3 rings (SSSR count). The Balaban J connectivity index is 2.02. The van der Waals surface area contributed by atoms with E-state index in [0.717, 1.165) is 18.9 Å². The zero-order chi connectivity index (χ0) is 13.5. The van der Waals surface area contributed by atoms with Crippen LogP contribution in [0.25, 0.3) is 11.5 Å². The van der Waals surface area contributed by atoms with Crippen LogP contribution in [-0.2, 0) is 6.18 Å². The van der Waals surface area contributed by atoms with Gasteiger partial charge in [-0.25, -0.2) is 9.97 Å². The molecule has 0 unspecified atom stereocenters. The second kappa shape index (κ2) is 4.25. The minimum Gasteiger partial charge on any atom is -0.463 e. The van der Waals surface area contributed by atoms with E-state index in [1.54, 1.807) is 12.1 Å². The molecule has 7 heteroatoms. The Morgan fingerprint density at radius 2 is 2.05 bits per heavy atom. The van der Waals surface area contributed by atoms with Gasteiger partial charge in [-0.3, -0.25) is 0 Å². The summed E-state index contributed by atoms with van der Waals surface area (Å²) in [5.74, 6) is 0.274. The van der Waals surface area contributed by atoms with Gasteiger partial charge in [0.1, 0.15) is 5.69 Å². The van der Waals surface area contributed by atoms with E-state index in [-0.39, 0.29) is 23.4 Å². The van der Waals surface area contributed by atoms with E-state index in [9.17, 15) is 13.2 Å². The molecule has 0 amide bonds. The zero-order valence-electron chi connectivity index (χ0n) is 9.74. The standard InChI is InChI=1S/C12H10F3N3O/c13-12(14,15)10-6-8(9-2-1-5-19-9)17-11(18-10)16-7-3-4-7/h1-2,5-7H,3-4H2,(H,16,17,18). The fraction of sp³-hybridized carbons (Fsp3) is 0.333. The van der Waals surface area contributed by atoms with Crippen molar-refractivity contribution in [2.45, 2.75) is 25.1 Å². The van der Waals surface area contributed by atoms with Crippen molar-refractivity contribution in [1.29, 1.82) is 0 Å². The fourth-order valence-corrected chi connectivity index (χ4v) is 1.62. The Morgan fingerprint density at radius 1 is 1.26 bits per heavy atom. The van der Waals surface area contributed by atoms with Crippen molar-refractivity contribution in [3.05, 3.63) is 30.2 Å². The molecular formula is C12H10F3N3O. The molecule has 0 atom stereocenters. The molecule has 0 spiro atoms. The van der Waals surface area contributed by atoms with E-state index in [2.05, 4.69) is 15.3 Å². The quantitative estimate of drug-likeness (QED) is 0.928. The highest BCUT2D eigenvalue weighted by atomic mass is 19.4. The summed E-state index contributed by atoms with van der Waals surface area (Å²) < 4.78 is 43.5. The van der Waals surface area contributed by atoms with Crippen molar-refractivity contribution in [2.24, 2.45) is 0 Å². The lowest BCUT2D eigenvalue weighted by molar-refractivity contribution is -0.141. The predicted octanol–water partition coefficient (Wildman–Crippen LogP) is 3.33. The van der Waals surface area contributed by atoms with Crippen molar-refractivity contribution in [1.82, 2.24) is 9.97 Å². The normalized spacial score (nSPS) is 15.5. The number of alkyl halides is 3. The van der Waals surface area contributed by atoms with E-state index < -0.39 is 11.9 Å². The van der Waals surface area contributed by atoms with Gasteiger partial charge < -0.3 is 9.73 Å². The Hall–Kier alpha value is -2.05. The molecule has 0 bridgehead atoms. The van der Waals surface area contributed by atoms with Gasteiger partial charge in [0.05, 0.1) is 6.26 Å². The van der Waals surface area contributed by atoms with Crippen molar-refractivity contribution < 1.29 is 17.6 Å². The Bertz CT molecular complexity index is 576. The van der Waals surface area contributed by atoms with Crippen LogP contribution in [0, 0.1) is 0 Å². The van der Waals surface area contributed by atoms with Crippen LogP contribution in [0.2, 0.25) is 0 Å². The fourth-order valence-electron chi connectivity index (χ4n) is 1.62. The molecule has 1 N–H and O–H groups in total. The molecule has 1 aliphatic carbocycles. The summed E-state index contributed by atoms with van der Waals surface area (Å²) in [4.78, 5) is 7.56. The van der Waals surface area contributed by atoms with Gasteiger partial charge in [0.15, 0.2) is 11.5 Å². The number of furan rings is 1. The third kappa shape index (κ3) is 2.69. The molecule has 0 aliphatic heterocycles. The van der Waals surface area contributed by atoms with E-state index in [1.165, 1.54) is 6.26 Å². The van der Waals surface area contributed by atoms with Crippen LogP contribution in [0.5, 0.6) is 0 Å². The van der Waals surface area contributed by atoms with Crippen LogP contribution in [0.15, 0.2) is 28.9 Å². The van der Waals surface area contributed by atoms with Crippen molar-refractivity contribution in [3.8, 4) is 11.5 Å². The maximum atomic E-state index is 12.8. The van der Waals surface area contributed by atoms with E-state index in [1.807, 2.05) is 0 Å². The molecule has 0 saturated heterocycles. The summed E-state index contributed by atoms with van der Waals surface area (Å²) >= 11 is 0. The van der Waals surface area contributed by atoms with Gasteiger partial charge in [-0.15, -0.1) is 0 Å². The average Bonchev–Trinajstić information content (AvgIpc) is 2.99. The number of anilines is 1. The second-order valence-electron chi connectivity index (χ2n) is 4.36. The predicted molar refractivity (Wildman–Crippen MR) is 61.4 cm³/mol. The summed E-state index contributed by atoms with van der Waals surface area (Å²) in [5, 5.41) is 2.87. The highest BCUT2D eigenvalue weighted by molar-refractivity contribution is 5.55. The lowest BCUT2D eigenvalue weighted by Crippen LogP contribution is -2.13. The molecule has 4 nitrogen and oxygen atoms in total. The third-order valence-corrected chi connectivity index (χ3v) is 2.70. The first-order chi connectivity index (χ1) is 9.02. The minimum atomic E-state index is -4.51. The average molecular weight is 269 g/mol.